The van der Waals surface area contributed by atoms with Crippen LogP contribution >= 0.6 is 11.3 Å². The fourth-order valence-corrected chi connectivity index (χ4v) is 3.10. The van der Waals surface area contributed by atoms with Crippen LogP contribution in [0.3, 0.4) is 0 Å². The molecule has 102 valence electrons. The first kappa shape index (κ1) is 13.2. The second-order valence-electron chi connectivity index (χ2n) is 4.85. The Morgan fingerprint density at radius 2 is 2.15 bits per heavy atom. The van der Waals surface area contributed by atoms with Crippen LogP contribution in [0.25, 0.3) is 10.9 Å². The SMILES string of the molecule is CNC(Cc1nccs1)c1cc(C)c2ccccc2n1. The van der Waals surface area contributed by atoms with Crippen LogP contribution in [0.15, 0.2) is 41.9 Å². The zero-order valence-electron chi connectivity index (χ0n) is 11.6. The van der Waals surface area contributed by atoms with Gasteiger partial charge >= 0.3 is 0 Å². The second-order valence-corrected chi connectivity index (χ2v) is 5.83. The number of likely N-dealkylation sites (N-methyl/N-ethyl adjacent to an activating group) is 1. The van der Waals surface area contributed by atoms with Crippen molar-refractivity contribution in [1.29, 1.82) is 0 Å². The number of thiazole rings is 1. The molecule has 2 heterocycles. The summed E-state index contributed by atoms with van der Waals surface area (Å²) in [6.07, 6.45) is 2.73. The Labute approximate surface area is 122 Å². The van der Waals surface area contributed by atoms with Crippen molar-refractivity contribution in [3.63, 3.8) is 0 Å². The van der Waals surface area contributed by atoms with E-state index in [1.165, 1.54) is 10.9 Å². The van der Waals surface area contributed by atoms with Crippen LogP contribution in [0.1, 0.15) is 22.3 Å². The van der Waals surface area contributed by atoms with Crippen LogP contribution in [0.2, 0.25) is 0 Å². The van der Waals surface area contributed by atoms with Gasteiger partial charge in [-0.1, -0.05) is 18.2 Å². The van der Waals surface area contributed by atoms with Crippen LogP contribution in [0.5, 0.6) is 0 Å². The fraction of sp³-hybridized carbons (Fsp3) is 0.250. The maximum Gasteiger partial charge on any atom is 0.0944 e. The van der Waals surface area contributed by atoms with Gasteiger partial charge in [0.05, 0.1) is 22.3 Å². The van der Waals surface area contributed by atoms with Gasteiger partial charge in [0.2, 0.25) is 0 Å². The average Bonchev–Trinajstić information content (AvgIpc) is 2.97. The van der Waals surface area contributed by atoms with Crippen molar-refractivity contribution in [2.24, 2.45) is 0 Å². The third-order valence-electron chi connectivity index (χ3n) is 3.51. The summed E-state index contributed by atoms with van der Waals surface area (Å²) in [5, 5.41) is 7.73. The maximum atomic E-state index is 4.80. The molecule has 2 aromatic heterocycles. The Balaban J connectivity index is 1.99. The minimum atomic E-state index is 0.199. The molecule has 1 atom stereocenters. The van der Waals surface area contributed by atoms with Crippen molar-refractivity contribution in [1.82, 2.24) is 15.3 Å². The first-order valence-corrected chi connectivity index (χ1v) is 7.58. The van der Waals surface area contributed by atoms with E-state index in [9.17, 15) is 0 Å². The molecular weight excluding hydrogens is 266 g/mol. The zero-order valence-corrected chi connectivity index (χ0v) is 12.4. The summed E-state index contributed by atoms with van der Waals surface area (Å²) in [7, 11) is 1.98. The number of aromatic nitrogens is 2. The molecule has 20 heavy (non-hydrogen) atoms. The van der Waals surface area contributed by atoms with Crippen molar-refractivity contribution in [3.8, 4) is 0 Å². The molecule has 4 heteroatoms. The summed E-state index contributed by atoms with van der Waals surface area (Å²) in [6.45, 7) is 2.14. The number of aryl methyl sites for hydroxylation is 1. The Kier molecular flexibility index (Phi) is 3.76. The first-order valence-electron chi connectivity index (χ1n) is 6.70. The molecule has 0 bridgehead atoms. The summed E-state index contributed by atoms with van der Waals surface area (Å²) in [5.41, 5.74) is 3.41. The normalized spacial score (nSPS) is 12.7. The molecule has 0 radical (unpaired) electrons. The highest BCUT2D eigenvalue weighted by molar-refractivity contribution is 7.09. The molecule has 0 aliphatic heterocycles. The monoisotopic (exact) mass is 283 g/mol. The number of hydrogen-bond acceptors (Lipinski definition) is 4. The highest BCUT2D eigenvalue weighted by Gasteiger charge is 2.14. The Morgan fingerprint density at radius 3 is 2.90 bits per heavy atom. The molecule has 1 N–H and O–H groups in total. The average molecular weight is 283 g/mol. The maximum absolute atomic E-state index is 4.80. The van der Waals surface area contributed by atoms with Gasteiger partial charge in [0.15, 0.2) is 0 Å². The Hall–Kier alpha value is -1.78. The van der Waals surface area contributed by atoms with E-state index in [1.54, 1.807) is 11.3 Å². The second kappa shape index (κ2) is 5.69. The number of rotatable bonds is 4. The van der Waals surface area contributed by atoms with Crippen molar-refractivity contribution in [3.05, 3.63) is 58.2 Å². The summed E-state index contributed by atoms with van der Waals surface area (Å²) < 4.78 is 0. The lowest BCUT2D eigenvalue weighted by Crippen LogP contribution is -2.20. The van der Waals surface area contributed by atoms with Gasteiger partial charge < -0.3 is 5.32 Å². The molecule has 0 aliphatic carbocycles. The predicted octanol–water partition coefficient (Wildman–Crippen LogP) is 3.50. The largest absolute Gasteiger partial charge is 0.311 e. The van der Waals surface area contributed by atoms with Gasteiger partial charge in [0.1, 0.15) is 0 Å². The molecule has 1 aromatic carbocycles. The minimum absolute atomic E-state index is 0.199. The van der Waals surface area contributed by atoms with Gasteiger partial charge in [0.25, 0.3) is 0 Å². The number of hydrogen-bond donors (Lipinski definition) is 1. The Morgan fingerprint density at radius 1 is 1.30 bits per heavy atom. The van der Waals surface area contributed by atoms with Crippen LogP contribution in [-0.2, 0) is 6.42 Å². The lowest BCUT2D eigenvalue weighted by molar-refractivity contribution is 0.576. The number of benzene rings is 1. The van der Waals surface area contributed by atoms with E-state index < -0.39 is 0 Å². The molecule has 0 aliphatic rings. The van der Waals surface area contributed by atoms with E-state index in [-0.39, 0.29) is 6.04 Å². The van der Waals surface area contributed by atoms with Gasteiger partial charge in [-0.3, -0.25) is 4.98 Å². The number of pyridine rings is 1. The van der Waals surface area contributed by atoms with Crippen molar-refractivity contribution >= 4 is 22.2 Å². The molecule has 0 fully saturated rings. The van der Waals surface area contributed by atoms with Crippen LogP contribution in [-0.4, -0.2) is 17.0 Å². The van der Waals surface area contributed by atoms with E-state index in [4.69, 9.17) is 4.98 Å². The van der Waals surface area contributed by atoms with E-state index in [1.807, 2.05) is 24.7 Å². The number of fused-ring (bicyclic) bond motifs is 1. The molecule has 0 amide bonds. The quantitative estimate of drug-likeness (QED) is 0.796. The lowest BCUT2D eigenvalue weighted by atomic mass is 10.0. The standard InChI is InChI=1S/C16H17N3S/c1-11-9-15(19-13-6-4-3-5-12(11)13)14(17-2)10-16-18-7-8-20-16/h3-9,14,17H,10H2,1-2H3. The number of nitrogens with zero attached hydrogens (tertiary/aromatic N) is 2. The van der Waals surface area contributed by atoms with Crippen LogP contribution in [0, 0.1) is 6.92 Å². The zero-order chi connectivity index (χ0) is 13.9. The van der Waals surface area contributed by atoms with Gasteiger partial charge in [-0.05, 0) is 31.7 Å². The van der Waals surface area contributed by atoms with E-state index in [2.05, 4.69) is 41.5 Å². The Bertz CT molecular complexity index is 707. The van der Waals surface area contributed by atoms with Gasteiger partial charge in [-0.25, -0.2) is 4.98 Å². The fourth-order valence-electron chi connectivity index (χ4n) is 2.44. The number of para-hydroxylation sites is 1. The van der Waals surface area contributed by atoms with Gasteiger partial charge in [0, 0.05) is 23.4 Å². The predicted molar refractivity (Wildman–Crippen MR) is 84.1 cm³/mol. The first-order chi connectivity index (χ1) is 9.78. The van der Waals surface area contributed by atoms with E-state index >= 15 is 0 Å². The molecule has 3 nitrogen and oxygen atoms in total. The van der Waals surface area contributed by atoms with E-state index in [0.717, 1.165) is 22.6 Å². The summed E-state index contributed by atoms with van der Waals surface area (Å²) in [6, 6.07) is 10.7. The summed E-state index contributed by atoms with van der Waals surface area (Å²) in [5.74, 6) is 0. The third-order valence-corrected chi connectivity index (χ3v) is 4.31. The van der Waals surface area contributed by atoms with Crippen LogP contribution < -0.4 is 5.32 Å². The lowest BCUT2D eigenvalue weighted by Gasteiger charge is -2.16. The topological polar surface area (TPSA) is 37.8 Å². The third kappa shape index (κ3) is 2.57. The molecular formula is C16H17N3S. The van der Waals surface area contributed by atoms with Crippen LogP contribution in [0.4, 0.5) is 0 Å². The van der Waals surface area contributed by atoms with Gasteiger partial charge in [-0.15, -0.1) is 11.3 Å². The van der Waals surface area contributed by atoms with Crippen molar-refractivity contribution < 1.29 is 0 Å². The summed E-state index contributed by atoms with van der Waals surface area (Å²) >= 11 is 1.69. The highest BCUT2D eigenvalue weighted by Crippen LogP contribution is 2.23. The minimum Gasteiger partial charge on any atom is -0.311 e. The molecule has 1 unspecified atom stereocenters. The number of nitrogens with one attached hydrogen (secondary N) is 1. The molecule has 3 aromatic rings. The highest BCUT2D eigenvalue weighted by atomic mass is 32.1. The molecule has 0 saturated carbocycles. The molecule has 3 rings (SSSR count). The summed E-state index contributed by atoms with van der Waals surface area (Å²) in [4.78, 5) is 9.17. The van der Waals surface area contributed by atoms with E-state index in [0.29, 0.717) is 0 Å². The molecule has 0 spiro atoms. The van der Waals surface area contributed by atoms with Gasteiger partial charge in [-0.2, -0.15) is 0 Å². The van der Waals surface area contributed by atoms with Crippen molar-refractivity contribution in [2.75, 3.05) is 7.05 Å². The molecule has 0 saturated heterocycles. The van der Waals surface area contributed by atoms with Crippen molar-refractivity contribution in [2.45, 2.75) is 19.4 Å². The smallest absolute Gasteiger partial charge is 0.0944 e.